The summed E-state index contributed by atoms with van der Waals surface area (Å²) in [4.78, 5) is 23.5. The van der Waals surface area contributed by atoms with Crippen molar-refractivity contribution in [2.45, 2.75) is 0 Å². The molecule has 0 bridgehead atoms. The van der Waals surface area contributed by atoms with Crippen molar-refractivity contribution in [1.29, 1.82) is 0 Å². The van der Waals surface area contributed by atoms with Crippen molar-refractivity contribution in [3.8, 4) is 11.3 Å². The summed E-state index contributed by atoms with van der Waals surface area (Å²) in [5.41, 5.74) is 3.67. The van der Waals surface area contributed by atoms with E-state index in [9.17, 15) is 4.79 Å². The molecule has 0 saturated heterocycles. The van der Waals surface area contributed by atoms with Gasteiger partial charge in [0.2, 0.25) is 0 Å². The van der Waals surface area contributed by atoms with Gasteiger partial charge in [0.1, 0.15) is 5.69 Å². The van der Waals surface area contributed by atoms with Gasteiger partial charge in [-0.15, -0.1) is 10.2 Å². The summed E-state index contributed by atoms with van der Waals surface area (Å²) < 4.78 is 0. The Kier molecular flexibility index (Phi) is 3.12. The Morgan fingerprint density at radius 3 is 2.78 bits per heavy atom. The quantitative estimate of drug-likeness (QED) is 0.568. The van der Waals surface area contributed by atoms with Crippen LogP contribution in [0.15, 0.2) is 71.4 Å². The third-order valence-electron chi connectivity index (χ3n) is 3.58. The fourth-order valence-corrected chi connectivity index (χ4v) is 2.53. The molecule has 2 aromatic heterocycles. The van der Waals surface area contributed by atoms with Gasteiger partial charge in [-0.05, 0) is 36.4 Å². The average Bonchev–Trinajstić information content (AvgIpc) is 2.94. The highest BCUT2D eigenvalue weighted by molar-refractivity contribution is 6.09. The van der Waals surface area contributed by atoms with Crippen LogP contribution < -0.4 is 0 Å². The van der Waals surface area contributed by atoms with Gasteiger partial charge in [-0.25, -0.2) is 0 Å². The van der Waals surface area contributed by atoms with E-state index < -0.39 is 5.91 Å². The Morgan fingerprint density at radius 2 is 1.91 bits per heavy atom. The van der Waals surface area contributed by atoms with E-state index in [1.165, 1.54) is 0 Å². The second-order valence-electron chi connectivity index (χ2n) is 4.95. The molecular weight excluding hydrogens is 290 g/mol. The van der Waals surface area contributed by atoms with Crippen LogP contribution in [-0.4, -0.2) is 20.9 Å². The molecule has 0 spiro atoms. The van der Waals surface area contributed by atoms with Crippen LogP contribution in [0.1, 0.15) is 10.4 Å². The van der Waals surface area contributed by atoms with Crippen molar-refractivity contribution >= 4 is 22.5 Å². The first-order valence-corrected chi connectivity index (χ1v) is 7.04. The number of aromatic nitrogens is 3. The smallest absolute Gasteiger partial charge is 0.295 e. The third-order valence-corrected chi connectivity index (χ3v) is 3.58. The van der Waals surface area contributed by atoms with E-state index in [4.69, 9.17) is 0 Å². The highest BCUT2D eigenvalue weighted by Crippen LogP contribution is 2.42. The summed E-state index contributed by atoms with van der Waals surface area (Å²) in [6.45, 7) is 0. The van der Waals surface area contributed by atoms with Crippen molar-refractivity contribution in [2.24, 2.45) is 10.2 Å². The first-order chi connectivity index (χ1) is 11.3. The summed E-state index contributed by atoms with van der Waals surface area (Å²) in [5.74, 6) is -0.404. The van der Waals surface area contributed by atoms with Crippen molar-refractivity contribution in [2.75, 3.05) is 0 Å². The molecule has 1 N–H and O–H groups in total. The number of fused-ring (bicyclic) bond motifs is 3. The Bertz CT molecular complexity index is 990. The van der Waals surface area contributed by atoms with Gasteiger partial charge in [0.05, 0.1) is 11.2 Å². The number of H-pyrrole nitrogens is 1. The Hall–Kier alpha value is -3.41. The fraction of sp³-hybridized carbons (Fsp3) is 0. The molecule has 2 aromatic rings. The molecule has 1 aliphatic carbocycles. The van der Waals surface area contributed by atoms with Crippen molar-refractivity contribution in [1.82, 2.24) is 15.0 Å². The molecule has 0 aromatic carbocycles. The van der Waals surface area contributed by atoms with Crippen LogP contribution in [0.2, 0.25) is 0 Å². The minimum atomic E-state index is -0.404. The maximum absolute atomic E-state index is 12.1. The first-order valence-electron chi connectivity index (χ1n) is 7.04. The minimum absolute atomic E-state index is 0.404. The molecule has 1 aliphatic heterocycles. The van der Waals surface area contributed by atoms with E-state index in [1.54, 1.807) is 30.7 Å². The molecule has 4 rings (SSSR count). The zero-order valence-corrected chi connectivity index (χ0v) is 12.0. The van der Waals surface area contributed by atoms with Crippen LogP contribution in [0.3, 0.4) is 0 Å². The number of rotatable bonds is 2. The van der Waals surface area contributed by atoms with E-state index in [0.717, 1.165) is 22.2 Å². The van der Waals surface area contributed by atoms with Gasteiger partial charge >= 0.3 is 0 Å². The number of aromatic amines is 1. The first kappa shape index (κ1) is 13.3. The number of nitrogens with zero attached hydrogens (tertiary/aromatic N) is 4. The highest BCUT2D eigenvalue weighted by atomic mass is 16.1. The lowest BCUT2D eigenvalue weighted by molar-refractivity contribution is 0.0995. The largest absolute Gasteiger partial charge is 0.359 e. The van der Waals surface area contributed by atoms with Crippen molar-refractivity contribution < 1.29 is 4.79 Å². The number of hydrogen-bond donors (Lipinski definition) is 1. The van der Waals surface area contributed by atoms with Gasteiger partial charge in [0, 0.05) is 41.3 Å². The van der Waals surface area contributed by atoms with E-state index in [1.807, 2.05) is 30.5 Å². The van der Waals surface area contributed by atoms with Crippen molar-refractivity contribution in [3.63, 3.8) is 0 Å². The minimum Gasteiger partial charge on any atom is -0.359 e. The number of carbonyl (C=O) groups is 1. The van der Waals surface area contributed by atoms with Crippen LogP contribution in [-0.2, 0) is 0 Å². The second kappa shape index (κ2) is 5.42. The number of nitrogens with one attached hydrogen (secondary N) is 1. The fourth-order valence-electron chi connectivity index (χ4n) is 2.53. The molecule has 2 aliphatic rings. The van der Waals surface area contributed by atoms with Gasteiger partial charge in [-0.3, -0.25) is 14.8 Å². The lowest BCUT2D eigenvalue weighted by Crippen LogP contribution is -1.92. The molecule has 0 fully saturated rings. The standard InChI is InChI=1S/C17H11N5O/c23-17(11-5-9-18-10-6-11)22-21-14-12-3-1-7-19-15(12)16-13(14)4-2-8-20-16/h1-10,19H. The zero-order chi connectivity index (χ0) is 15.6. The van der Waals surface area contributed by atoms with Gasteiger partial charge in [-0.2, -0.15) is 0 Å². The van der Waals surface area contributed by atoms with E-state index >= 15 is 0 Å². The van der Waals surface area contributed by atoms with E-state index in [-0.39, 0.29) is 0 Å². The number of hydrogen-bond acceptors (Lipinski definition) is 4. The molecule has 110 valence electrons. The molecular formula is C17H11N5O. The Balaban J connectivity index is 1.82. The number of azo groups is 1. The van der Waals surface area contributed by atoms with Gasteiger partial charge in [0.15, 0.2) is 0 Å². The van der Waals surface area contributed by atoms with E-state index in [2.05, 4.69) is 25.2 Å². The van der Waals surface area contributed by atoms with Crippen LogP contribution >= 0.6 is 0 Å². The predicted molar refractivity (Wildman–Crippen MR) is 85.8 cm³/mol. The predicted octanol–water partition coefficient (Wildman–Crippen LogP) is 3.99. The van der Waals surface area contributed by atoms with Crippen LogP contribution in [0.25, 0.3) is 22.2 Å². The topological polar surface area (TPSA) is 83.4 Å². The lowest BCUT2D eigenvalue weighted by Gasteiger charge is -1.98. The number of amides is 1. The molecule has 0 atom stereocenters. The molecule has 6 nitrogen and oxygen atoms in total. The molecule has 0 unspecified atom stereocenters. The summed E-state index contributed by atoms with van der Waals surface area (Å²) in [5, 5.41) is 8.91. The number of carbonyl (C=O) groups excluding carboxylic acids is 1. The van der Waals surface area contributed by atoms with Crippen LogP contribution in [0.4, 0.5) is 5.69 Å². The molecule has 3 heterocycles. The lowest BCUT2D eigenvalue weighted by atomic mass is 10.2. The van der Waals surface area contributed by atoms with Gasteiger partial charge in [-0.1, -0.05) is 0 Å². The van der Waals surface area contributed by atoms with Crippen LogP contribution in [0.5, 0.6) is 0 Å². The van der Waals surface area contributed by atoms with E-state index in [0.29, 0.717) is 11.3 Å². The molecule has 1 amide bonds. The van der Waals surface area contributed by atoms with Gasteiger partial charge in [0.25, 0.3) is 5.91 Å². The zero-order valence-electron chi connectivity index (χ0n) is 12.0. The number of pyridine rings is 3. The maximum atomic E-state index is 12.1. The highest BCUT2D eigenvalue weighted by Gasteiger charge is 2.18. The van der Waals surface area contributed by atoms with Crippen molar-refractivity contribution in [3.05, 3.63) is 66.7 Å². The third kappa shape index (κ3) is 2.26. The maximum Gasteiger partial charge on any atom is 0.295 e. The summed E-state index contributed by atoms with van der Waals surface area (Å²) in [6.07, 6.45) is 6.66. The molecule has 0 saturated carbocycles. The van der Waals surface area contributed by atoms with Gasteiger partial charge < -0.3 is 4.98 Å². The monoisotopic (exact) mass is 301 g/mol. The summed E-state index contributed by atoms with van der Waals surface area (Å²) in [6, 6.07) is 10.8. The molecule has 23 heavy (non-hydrogen) atoms. The SMILES string of the molecule is O=C(N=Nc1c2ccc[nH]c-2c2ncccc12)c1ccncc1. The Labute approximate surface area is 131 Å². The second-order valence-corrected chi connectivity index (χ2v) is 4.95. The summed E-state index contributed by atoms with van der Waals surface area (Å²) in [7, 11) is 0. The average molecular weight is 301 g/mol. The Morgan fingerprint density at radius 1 is 1.04 bits per heavy atom. The molecule has 6 heteroatoms. The summed E-state index contributed by atoms with van der Waals surface area (Å²) >= 11 is 0. The molecule has 0 radical (unpaired) electrons. The normalized spacial score (nSPS) is 11.5. The van der Waals surface area contributed by atoms with Crippen LogP contribution in [0, 0.1) is 0 Å².